The number of nitrogens with one attached hydrogen (secondary N) is 2. The van der Waals surface area contributed by atoms with Crippen molar-refractivity contribution in [3.05, 3.63) is 83.0 Å². The molecule has 0 radical (unpaired) electrons. The van der Waals surface area contributed by atoms with Crippen LogP contribution in [0.3, 0.4) is 0 Å². The monoisotopic (exact) mass is 596 g/mol. The van der Waals surface area contributed by atoms with Crippen LogP contribution in [0.4, 0.5) is 26.3 Å². The van der Waals surface area contributed by atoms with Crippen molar-refractivity contribution in [2.45, 2.75) is 51.4 Å². The van der Waals surface area contributed by atoms with Gasteiger partial charge in [-0.3, -0.25) is 28.9 Å². The van der Waals surface area contributed by atoms with Gasteiger partial charge in [0.05, 0.1) is 48.0 Å². The van der Waals surface area contributed by atoms with Gasteiger partial charge in [-0.25, -0.2) is 0 Å². The second-order valence-corrected chi connectivity index (χ2v) is 8.87. The molecule has 4 aromatic heterocycles. The number of alkyl halides is 6. The molecule has 0 fully saturated rings. The van der Waals surface area contributed by atoms with E-state index in [4.69, 9.17) is 0 Å². The highest BCUT2D eigenvalue weighted by atomic mass is 19.4. The average Bonchev–Trinajstić information content (AvgIpc) is 3.62. The van der Waals surface area contributed by atoms with E-state index in [2.05, 4.69) is 41.2 Å². The number of carbonyl (C=O) groups excluding carboxylic acids is 2. The van der Waals surface area contributed by atoms with Crippen LogP contribution in [0.1, 0.15) is 56.3 Å². The Hall–Kier alpha value is -4.90. The van der Waals surface area contributed by atoms with E-state index in [1.54, 1.807) is 0 Å². The number of aryl methyl sites for hydroxylation is 2. The van der Waals surface area contributed by atoms with Gasteiger partial charge in [-0.05, 0) is 37.1 Å². The fourth-order valence-corrected chi connectivity index (χ4v) is 3.60. The second kappa shape index (κ2) is 12.7. The molecular weight excluding hydrogens is 574 g/mol. The molecule has 18 heteroatoms. The first-order valence-corrected chi connectivity index (χ1v) is 12.3. The maximum atomic E-state index is 12.8. The summed E-state index contributed by atoms with van der Waals surface area (Å²) in [7, 11) is 0. The molecule has 0 aliphatic heterocycles. The molecule has 42 heavy (non-hydrogen) atoms. The Morgan fingerprint density at radius 1 is 0.690 bits per heavy atom. The van der Waals surface area contributed by atoms with Crippen LogP contribution < -0.4 is 10.6 Å². The lowest BCUT2D eigenvalue weighted by Gasteiger charge is -2.08. The van der Waals surface area contributed by atoms with Gasteiger partial charge in [0.25, 0.3) is 11.8 Å². The topological polar surface area (TPSA) is 145 Å². The third-order valence-electron chi connectivity index (χ3n) is 5.71. The zero-order chi connectivity index (χ0) is 30.3. The Labute approximate surface area is 233 Å². The van der Waals surface area contributed by atoms with E-state index in [9.17, 15) is 35.9 Å². The number of rotatable bonds is 11. The number of unbranched alkanes of at least 4 members (excludes halogenated alkanes) is 1. The molecule has 0 aromatic carbocycles. The normalized spacial score (nSPS) is 11.9. The van der Waals surface area contributed by atoms with Crippen molar-refractivity contribution in [3.8, 4) is 0 Å². The van der Waals surface area contributed by atoms with E-state index in [1.165, 1.54) is 21.8 Å². The van der Waals surface area contributed by atoms with E-state index in [1.807, 2.05) is 0 Å². The lowest BCUT2D eigenvalue weighted by atomic mass is 10.2. The minimum atomic E-state index is -4.52. The van der Waals surface area contributed by atoms with E-state index in [-0.39, 0.29) is 35.9 Å². The smallest absolute Gasteiger partial charge is 0.345 e. The predicted octanol–water partition coefficient (Wildman–Crippen LogP) is 3.04. The van der Waals surface area contributed by atoms with Crippen molar-refractivity contribution in [1.29, 1.82) is 0 Å². The first-order valence-electron chi connectivity index (χ1n) is 12.3. The average molecular weight is 596 g/mol. The van der Waals surface area contributed by atoms with Crippen LogP contribution in [0.15, 0.2) is 49.1 Å². The third kappa shape index (κ3) is 8.31. The molecule has 4 heterocycles. The van der Waals surface area contributed by atoms with Crippen LogP contribution in [-0.4, -0.2) is 51.8 Å². The molecule has 0 atom stereocenters. The van der Waals surface area contributed by atoms with Gasteiger partial charge in [0, 0.05) is 25.5 Å². The molecule has 12 nitrogen and oxygen atoms in total. The first kappa shape index (κ1) is 30.1. The van der Waals surface area contributed by atoms with Crippen molar-refractivity contribution in [1.82, 2.24) is 50.6 Å². The number of halogens is 6. The summed E-state index contributed by atoms with van der Waals surface area (Å²) < 4.78 is 79.8. The molecular formula is C24H22F6N10O2. The number of nitrogens with zero attached hydrogens (tertiary/aromatic N) is 8. The fourth-order valence-electron chi connectivity index (χ4n) is 3.60. The molecule has 0 saturated carbocycles. The molecule has 4 aromatic rings. The van der Waals surface area contributed by atoms with Gasteiger partial charge in [-0.15, -0.1) is 10.2 Å². The molecule has 0 bridgehead atoms. The van der Waals surface area contributed by atoms with Crippen molar-refractivity contribution in [2.24, 2.45) is 0 Å². The van der Waals surface area contributed by atoms with Crippen molar-refractivity contribution >= 4 is 11.8 Å². The summed E-state index contributed by atoms with van der Waals surface area (Å²) in [5.41, 5.74) is -1.71. The summed E-state index contributed by atoms with van der Waals surface area (Å²) in [6, 6.07) is 3.36. The van der Waals surface area contributed by atoms with Gasteiger partial charge < -0.3 is 10.6 Å². The number of aromatic nitrogens is 8. The lowest BCUT2D eigenvalue weighted by Crippen LogP contribution is -2.24. The van der Waals surface area contributed by atoms with Crippen LogP contribution >= 0.6 is 0 Å². The molecule has 4 rings (SSSR count). The molecule has 0 saturated heterocycles. The highest BCUT2D eigenvalue weighted by Gasteiger charge is 2.31. The predicted molar refractivity (Wildman–Crippen MR) is 130 cm³/mol. The van der Waals surface area contributed by atoms with Crippen LogP contribution in [-0.2, 0) is 38.5 Å². The minimum Gasteiger partial charge on any atom is -0.345 e. The number of amides is 2. The summed E-state index contributed by atoms with van der Waals surface area (Å²) in [4.78, 5) is 32.2. The summed E-state index contributed by atoms with van der Waals surface area (Å²) >= 11 is 0. The summed E-state index contributed by atoms with van der Waals surface area (Å²) in [5.74, 6) is -1.25. The molecule has 2 N–H and O–H groups in total. The Kier molecular flexibility index (Phi) is 9.12. The third-order valence-corrected chi connectivity index (χ3v) is 5.71. The molecule has 2 amide bonds. The van der Waals surface area contributed by atoms with Gasteiger partial charge in [0.1, 0.15) is 0 Å². The maximum absolute atomic E-state index is 12.8. The number of hydrogen-bond acceptors (Lipinski definition) is 8. The zero-order valence-corrected chi connectivity index (χ0v) is 21.5. The fraction of sp³-hybridized carbons (Fsp3) is 0.333. The van der Waals surface area contributed by atoms with Gasteiger partial charge in [0.15, 0.2) is 11.4 Å². The minimum absolute atomic E-state index is 0.0192. The van der Waals surface area contributed by atoms with E-state index in [0.717, 1.165) is 36.7 Å². The van der Waals surface area contributed by atoms with Gasteiger partial charge in [0.2, 0.25) is 0 Å². The summed E-state index contributed by atoms with van der Waals surface area (Å²) in [5, 5.41) is 20.2. The lowest BCUT2D eigenvalue weighted by molar-refractivity contribution is -0.138. The Morgan fingerprint density at radius 3 is 1.48 bits per heavy atom. The van der Waals surface area contributed by atoms with E-state index >= 15 is 0 Å². The maximum Gasteiger partial charge on any atom is 0.416 e. The summed E-state index contributed by atoms with van der Waals surface area (Å²) in [6.07, 6.45) is -3.06. The van der Waals surface area contributed by atoms with Crippen molar-refractivity contribution < 1.29 is 35.9 Å². The molecule has 0 spiro atoms. The van der Waals surface area contributed by atoms with E-state index < -0.39 is 35.3 Å². The van der Waals surface area contributed by atoms with Gasteiger partial charge >= 0.3 is 12.4 Å². The van der Waals surface area contributed by atoms with Crippen LogP contribution in [0.5, 0.6) is 0 Å². The first-order chi connectivity index (χ1) is 19.9. The van der Waals surface area contributed by atoms with Crippen LogP contribution in [0.2, 0.25) is 0 Å². The SMILES string of the molecule is O=C(NCc1cc(C(F)(F)F)ccn1)c1cn(CCCCn2cc(C(=O)NCc3cc(C(F)(F)F)ccn3)nn2)nn1. The highest BCUT2D eigenvalue weighted by molar-refractivity contribution is 5.92. The standard InChI is InChI=1S/C24H22F6N10O2/c25-23(26,27)15-3-5-31-17(9-15)11-33-21(41)19-13-39(37-35-19)7-1-2-8-40-14-20(36-38-40)22(42)34-12-18-10-16(4-6-32-18)24(28,29)30/h3-6,9-10,13-14H,1-2,7-8,11-12H2,(H,33,41)(H,34,42). The molecule has 0 unspecified atom stereocenters. The number of pyridine rings is 2. The van der Waals surface area contributed by atoms with Gasteiger partial charge in [-0.2, -0.15) is 26.3 Å². The van der Waals surface area contributed by atoms with E-state index in [0.29, 0.717) is 25.9 Å². The largest absolute Gasteiger partial charge is 0.416 e. The molecule has 0 aliphatic rings. The molecule has 0 aliphatic carbocycles. The van der Waals surface area contributed by atoms with Crippen LogP contribution in [0.25, 0.3) is 0 Å². The Morgan fingerprint density at radius 2 is 1.10 bits per heavy atom. The quantitative estimate of drug-likeness (QED) is 0.199. The highest BCUT2D eigenvalue weighted by Crippen LogP contribution is 2.29. The zero-order valence-electron chi connectivity index (χ0n) is 21.5. The second-order valence-electron chi connectivity index (χ2n) is 8.87. The Balaban J connectivity index is 1.18. The molecule has 222 valence electrons. The summed E-state index contributed by atoms with van der Waals surface area (Å²) in [6.45, 7) is 0.328. The number of carbonyl (C=O) groups is 2. The van der Waals surface area contributed by atoms with Crippen molar-refractivity contribution in [3.63, 3.8) is 0 Å². The Bertz CT molecular complexity index is 1420. The van der Waals surface area contributed by atoms with Gasteiger partial charge in [-0.1, -0.05) is 10.4 Å². The van der Waals surface area contributed by atoms with Crippen LogP contribution in [0, 0.1) is 0 Å². The van der Waals surface area contributed by atoms with Crippen molar-refractivity contribution in [2.75, 3.05) is 0 Å². The number of hydrogen-bond donors (Lipinski definition) is 2.